The first-order valence-corrected chi connectivity index (χ1v) is 8.81. The molecule has 1 saturated carbocycles. The van der Waals surface area contributed by atoms with E-state index in [4.69, 9.17) is 0 Å². The van der Waals surface area contributed by atoms with Crippen molar-refractivity contribution in [2.45, 2.75) is 51.0 Å². The largest absolute Gasteiger partial charge is 0.353 e. The summed E-state index contributed by atoms with van der Waals surface area (Å²) in [5.74, 6) is 0.834. The van der Waals surface area contributed by atoms with Crippen molar-refractivity contribution < 1.29 is 4.79 Å². The minimum atomic E-state index is 0.221. The van der Waals surface area contributed by atoms with Gasteiger partial charge in [0, 0.05) is 17.8 Å². The molecule has 2 atom stereocenters. The minimum absolute atomic E-state index is 0.221. The van der Waals surface area contributed by atoms with Crippen LogP contribution >= 0.6 is 15.9 Å². The van der Waals surface area contributed by atoms with Crippen molar-refractivity contribution in [3.05, 3.63) is 35.9 Å². The lowest BCUT2D eigenvalue weighted by atomic mass is 9.86. The average Bonchev–Trinajstić information content (AvgIpc) is 2.49. The van der Waals surface area contributed by atoms with Gasteiger partial charge in [-0.25, -0.2) is 0 Å². The maximum Gasteiger partial charge on any atom is 0.220 e. The van der Waals surface area contributed by atoms with Crippen molar-refractivity contribution >= 4 is 21.8 Å². The van der Waals surface area contributed by atoms with Gasteiger partial charge in [-0.2, -0.15) is 0 Å². The molecule has 0 radical (unpaired) electrons. The number of alkyl halides is 1. The quantitative estimate of drug-likeness (QED) is 0.778. The zero-order chi connectivity index (χ0) is 14.2. The molecule has 0 heterocycles. The Hall–Kier alpha value is -0.830. The summed E-state index contributed by atoms with van der Waals surface area (Å²) < 4.78 is 0. The fourth-order valence-corrected chi connectivity index (χ4v) is 3.73. The summed E-state index contributed by atoms with van der Waals surface area (Å²) in [6, 6.07) is 10.8. The molecule has 1 aromatic rings. The molecule has 1 fully saturated rings. The van der Waals surface area contributed by atoms with E-state index in [0.29, 0.717) is 18.4 Å². The Morgan fingerprint density at radius 2 is 1.95 bits per heavy atom. The van der Waals surface area contributed by atoms with E-state index in [1.807, 2.05) is 6.07 Å². The van der Waals surface area contributed by atoms with Gasteiger partial charge in [0.15, 0.2) is 0 Å². The molecular weight excluding hydrogens is 314 g/mol. The number of amides is 1. The molecule has 110 valence electrons. The predicted octanol–water partition coefficient (Wildman–Crippen LogP) is 4.08. The van der Waals surface area contributed by atoms with Crippen LogP contribution in [0.2, 0.25) is 0 Å². The van der Waals surface area contributed by atoms with Gasteiger partial charge in [-0.3, -0.25) is 4.79 Å². The van der Waals surface area contributed by atoms with Gasteiger partial charge in [0.2, 0.25) is 5.91 Å². The van der Waals surface area contributed by atoms with Crippen LogP contribution in [0.25, 0.3) is 0 Å². The highest BCUT2D eigenvalue weighted by atomic mass is 79.9. The van der Waals surface area contributed by atoms with Crippen LogP contribution in [0.4, 0.5) is 0 Å². The van der Waals surface area contributed by atoms with Gasteiger partial charge in [-0.05, 0) is 37.2 Å². The lowest BCUT2D eigenvalue weighted by molar-refractivity contribution is -0.122. The van der Waals surface area contributed by atoms with Crippen LogP contribution < -0.4 is 5.32 Å². The van der Waals surface area contributed by atoms with E-state index in [1.165, 1.54) is 24.8 Å². The first kappa shape index (κ1) is 15.6. The summed E-state index contributed by atoms with van der Waals surface area (Å²) >= 11 is 3.57. The topological polar surface area (TPSA) is 29.1 Å². The van der Waals surface area contributed by atoms with Crippen molar-refractivity contribution in [3.8, 4) is 0 Å². The maximum atomic E-state index is 12.0. The molecule has 2 rings (SSSR count). The molecule has 1 aliphatic rings. The highest BCUT2D eigenvalue weighted by Crippen LogP contribution is 2.26. The third kappa shape index (κ3) is 4.93. The summed E-state index contributed by atoms with van der Waals surface area (Å²) in [4.78, 5) is 12.0. The second-order valence-corrected chi connectivity index (χ2v) is 6.36. The van der Waals surface area contributed by atoms with Crippen LogP contribution in [-0.4, -0.2) is 17.3 Å². The Balaban J connectivity index is 1.69. The molecule has 0 saturated heterocycles. The number of benzene rings is 1. The molecule has 2 unspecified atom stereocenters. The number of carbonyl (C=O) groups excluding carboxylic acids is 1. The molecule has 2 nitrogen and oxygen atoms in total. The Morgan fingerprint density at radius 1 is 1.20 bits per heavy atom. The van der Waals surface area contributed by atoms with Crippen LogP contribution in [-0.2, 0) is 11.2 Å². The van der Waals surface area contributed by atoms with Crippen molar-refractivity contribution in [2.75, 3.05) is 5.33 Å². The van der Waals surface area contributed by atoms with E-state index >= 15 is 0 Å². The minimum Gasteiger partial charge on any atom is -0.353 e. The lowest BCUT2D eigenvalue weighted by Gasteiger charge is -2.31. The summed E-state index contributed by atoms with van der Waals surface area (Å²) in [7, 11) is 0. The zero-order valence-electron chi connectivity index (χ0n) is 12.0. The van der Waals surface area contributed by atoms with Gasteiger partial charge in [-0.15, -0.1) is 0 Å². The molecule has 1 aliphatic carbocycles. The molecule has 1 N–H and O–H groups in total. The molecule has 0 spiro atoms. The molecule has 0 aliphatic heterocycles. The number of rotatable bonds is 6. The van der Waals surface area contributed by atoms with Crippen LogP contribution in [0.5, 0.6) is 0 Å². The second kappa shape index (κ2) is 8.46. The molecule has 3 heteroatoms. The van der Waals surface area contributed by atoms with E-state index in [9.17, 15) is 4.79 Å². The van der Waals surface area contributed by atoms with Crippen molar-refractivity contribution in [1.82, 2.24) is 5.32 Å². The van der Waals surface area contributed by atoms with Crippen LogP contribution in [0.3, 0.4) is 0 Å². The number of carbonyl (C=O) groups is 1. The summed E-state index contributed by atoms with van der Waals surface area (Å²) in [5, 5.41) is 4.24. The van der Waals surface area contributed by atoms with E-state index in [-0.39, 0.29) is 5.91 Å². The van der Waals surface area contributed by atoms with E-state index < -0.39 is 0 Å². The number of hydrogen-bond acceptors (Lipinski definition) is 1. The highest BCUT2D eigenvalue weighted by Gasteiger charge is 2.25. The SMILES string of the molecule is O=C(CCCc1ccccc1)NC1CCCCC1CBr. The number of aryl methyl sites for hydroxylation is 1. The zero-order valence-corrected chi connectivity index (χ0v) is 13.6. The summed E-state index contributed by atoms with van der Waals surface area (Å²) in [6.07, 6.45) is 7.48. The second-order valence-electron chi connectivity index (χ2n) is 5.71. The van der Waals surface area contributed by atoms with Gasteiger partial charge >= 0.3 is 0 Å². The van der Waals surface area contributed by atoms with Gasteiger partial charge in [0.25, 0.3) is 0 Å². The Labute approximate surface area is 130 Å². The molecule has 20 heavy (non-hydrogen) atoms. The first-order chi connectivity index (χ1) is 9.79. The third-order valence-electron chi connectivity index (χ3n) is 4.17. The van der Waals surface area contributed by atoms with E-state index in [2.05, 4.69) is 45.5 Å². The van der Waals surface area contributed by atoms with Crippen molar-refractivity contribution in [1.29, 1.82) is 0 Å². The molecule has 0 bridgehead atoms. The van der Waals surface area contributed by atoms with E-state index in [0.717, 1.165) is 24.6 Å². The van der Waals surface area contributed by atoms with Crippen LogP contribution in [0.15, 0.2) is 30.3 Å². The number of hydrogen-bond donors (Lipinski definition) is 1. The molecule has 1 aromatic carbocycles. The summed E-state index contributed by atoms with van der Waals surface area (Å²) in [5.41, 5.74) is 1.32. The fraction of sp³-hybridized carbons (Fsp3) is 0.588. The normalized spacial score (nSPS) is 22.4. The third-order valence-corrected chi connectivity index (χ3v) is 5.00. The number of nitrogens with one attached hydrogen (secondary N) is 1. The predicted molar refractivity (Wildman–Crippen MR) is 87.1 cm³/mol. The summed E-state index contributed by atoms with van der Waals surface area (Å²) in [6.45, 7) is 0. The number of halogens is 1. The Kier molecular flexibility index (Phi) is 6.58. The monoisotopic (exact) mass is 337 g/mol. The van der Waals surface area contributed by atoms with Gasteiger partial charge < -0.3 is 5.32 Å². The Morgan fingerprint density at radius 3 is 2.70 bits per heavy atom. The van der Waals surface area contributed by atoms with Gasteiger partial charge in [0.1, 0.15) is 0 Å². The van der Waals surface area contributed by atoms with Crippen molar-refractivity contribution in [2.24, 2.45) is 5.92 Å². The van der Waals surface area contributed by atoms with Gasteiger partial charge in [-0.1, -0.05) is 59.1 Å². The van der Waals surface area contributed by atoms with Crippen molar-refractivity contribution in [3.63, 3.8) is 0 Å². The van der Waals surface area contributed by atoms with Crippen LogP contribution in [0.1, 0.15) is 44.1 Å². The molecular formula is C17H24BrNO. The smallest absolute Gasteiger partial charge is 0.220 e. The van der Waals surface area contributed by atoms with Gasteiger partial charge in [0.05, 0.1) is 0 Å². The molecule has 0 aromatic heterocycles. The highest BCUT2D eigenvalue weighted by molar-refractivity contribution is 9.09. The fourth-order valence-electron chi connectivity index (χ4n) is 2.96. The lowest BCUT2D eigenvalue weighted by Crippen LogP contribution is -2.42. The Bertz CT molecular complexity index is 407. The first-order valence-electron chi connectivity index (χ1n) is 7.69. The molecule has 1 amide bonds. The average molecular weight is 338 g/mol. The van der Waals surface area contributed by atoms with E-state index in [1.54, 1.807) is 0 Å². The standard InChI is InChI=1S/C17H24BrNO/c18-13-15-10-4-5-11-16(15)19-17(20)12-6-9-14-7-2-1-3-8-14/h1-3,7-8,15-16H,4-6,9-13H2,(H,19,20). The maximum absolute atomic E-state index is 12.0. The van der Waals surface area contributed by atoms with Crippen LogP contribution in [0, 0.1) is 5.92 Å².